The highest BCUT2D eigenvalue weighted by molar-refractivity contribution is 5.80. The molecule has 3 N–H and O–H groups in total. The summed E-state index contributed by atoms with van der Waals surface area (Å²) in [6, 6.07) is 11.9. The number of benzene rings is 2. The van der Waals surface area contributed by atoms with Crippen LogP contribution in [0.25, 0.3) is 0 Å². The van der Waals surface area contributed by atoms with Crippen LogP contribution in [-0.4, -0.2) is 59.2 Å². The molecule has 2 amide bonds. The van der Waals surface area contributed by atoms with Crippen LogP contribution < -0.4 is 20.1 Å². The van der Waals surface area contributed by atoms with E-state index in [1.54, 1.807) is 42.5 Å². The lowest BCUT2D eigenvalue weighted by Gasteiger charge is -2.15. The normalized spacial score (nSPS) is 11.0. The van der Waals surface area contributed by atoms with E-state index in [1.807, 2.05) is 0 Å². The van der Waals surface area contributed by atoms with Crippen molar-refractivity contribution in [3.63, 3.8) is 0 Å². The van der Waals surface area contributed by atoms with Gasteiger partial charge in [-0.15, -0.1) is 20.2 Å². The van der Waals surface area contributed by atoms with E-state index in [4.69, 9.17) is 9.47 Å². The van der Waals surface area contributed by atoms with Gasteiger partial charge in [0.1, 0.15) is 17.5 Å². The predicted molar refractivity (Wildman–Crippen MR) is 144 cm³/mol. The zero-order valence-corrected chi connectivity index (χ0v) is 22.6. The molecule has 0 fully saturated rings. The Morgan fingerprint density at radius 3 is 1.81 bits per heavy atom. The van der Waals surface area contributed by atoms with Crippen LogP contribution >= 0.6 is 0 Å². The van der Waals surface area contributed by atoms with Gasteiger partial charge in [-0.3, -0.25) is 0 Å². The maximum atomic E-state index is 12.3. The lowest BCUT2D eigenvalue weighted by Crippen LogP contribution is -2.42. The lowest BCUT2D eigenvalue weighted by atomic mass is 10.1. The standard InChI is InChI=1S/C26H32N4O12/c31-24(32)23(28-26(34)42-22-12-4-8-20(18-22)10-6-16-40-30(37)38)13-1-2-14-27-25(33)41-21-11-3-7-19(17-21)9-5-15-39-29(35)36/h3-4,7-8,11-12,17-18,23H,1-2,5-6,9-10,13-16H2,(H,27,33)(H,28,34)(H,31,32). The van der Waals surface area contributed by atoms with E-state index in [-0.39, 0.29) is 31.9 Å². The van der Waals surface area contributed by atoms with Crippen LogP contribution in [0.3, 0.4) is 0 Å². The van der Waals surface area contributed by atoms with Crippen LogP contribution in [0, 0.1) is 20.2 Å². The number of hydrogen-bond donors (Lipinski definition) is 3. The molecule has 0 bridgehead atoms. The van der Waals surface area contributed by atoms with Crippen LogP contribution in [0.1, 0.15) is 43.2 Å². The van der Waals surface area contributed by atoms with E-state index in [1.165, 1.54) is 6.07 Å². The average molecular weight is 593 g/mol. The third kappa shape index (κ3) is 14.3. The van der Waals surface area contributed by atoms with Crippen molar-refractivity contribution in [3.05, 3.63) is 79.9 Å². The Balaban J connectivity index is 1.68. The van der Waals surface area contributed by atoms with E-state index in [0.717, 1.165) is 11.1 Å². The van der Waals surface area contributed by atoms with Gasteiger partial charge in [0.25, 0.3) is 10.2 Å². The van der Waals surface area contributed by atoms with Gasteiger partial charge in [0.15, 0.2) is 0 Å². The van der Waals surface area contributed by atoms with Gasteiger partial charge in [-0.25, -0.2) is 14.4 Å². The molecule has 0 aliphatic carbocycles. The molecular weight excluding hydrogens is 560 g/mol. The Morgan fingerprint density at radius 2 is 1.31 bits per heavy atom. The van der Waals surface area contributed by atoms with Crippen molar-refractivity contribution in [2.75, 3.05) is 19.8 Å². The summed E-state index contributed by atoms with van der Waals surface area (Å²) in [5.74, 6) is -0.770. The molecule has 0 heterocycles. The Kier molecular flexibility index (Phi) is 14.4. The maximum absolute atomic E-state index is 12.3. The van der Waals surface area contributed by atoms with E-state index in [2.05, 4.69) is 20.3 Å². The van der Waals surface area contributed by atoms with Crippen molar-refractivity contribution in [1.82, 2.24) is 10.6 Å². The van der Waals surface area contributed by atoms with Crippen molar-refractivity contribution in [2.24, 2.45) is 0 Å². The number of aryl methyl sites for hydroxylation is 2. The van der Waals surface area contributed by atoms with Gasteiger partial charge in [0.05, 0.1) is 13.2 Å². The fraction of sp³-hybridized carbons (Fsp3) is 0.423. The molecule has 42 heavy (non-hydrogen) atoms. The first kappa shape index (κ1) is 33.1. The number of rotatable bonds is 19. The number of nitrogens with zero attached hydrogens (tertiary/aromatic N) is 2. The number of hydrogen-bond acceptors (Lipinski definition) is 11. The number of carbonyl (C=O) groups is 3. The number of amides is 2. The molecule has 2 aromatic carbocycles. The Labute approximate surface area is 240 Å². The smallest absolute Gasteiger partial charge is 0.413 e. The van der Waals surface area contributed by atoms with E-state index >= 15 is 0 Å². The van der Waals surface area contributed by atoms with Crippen molar-refractivity contribution in [2.45, 2.75) is 51.0 Å². The first-order valence-corrected chi connectivity index (χ1v) is 13.0. The van der Waals surface area contributed by atoms with Gasteiger partial charge >= 0.3 is 18.2 Å². The number of nitrogens with one attached hydrogen (secondary N) is 2. The Hall–Kier alpha value is -5.15. The van der Waals surface area contributed by atoms with Gasteiger partial charge < -0.3 is 34.9 Å². The van der Waals surface area contributed by atoms with Crippen molar-refractivity contribution in [3.8, 4) is 11.5 Å². The van der Waals surface area contributed by atoms with Crippen LogP contribution in [0.15, 0.2) is 48.5 Å². The second-order valence-corrected chi connectivity index (χ2v) is 8.85. The van der Waals surface area contributed by atoms with Crippen molar-refractivity contribution < 1.29 is 48.8 Å². The Bertz CT molecular complexity index is 1210. The molecule has 0 aliphatic rings. The molecule has 1 unspecified atom stereocenters. The third-order valence-electron chi connectivity index (χ3n) is 5.61. The van der Waals surface area contributed by atoms with Gasteiger partial charge in [0, 0.05) is 6.54 Å². The highest BCUT2D eigenvalue weighted by atomic mass is 17.0. The lowest BCUT2D eigenvalue weighted by molar-refractivity contribution is -0.757. The number of carboxylic acids is 1. The fourth-order valence-electron chi connectivity index (χ4n) is 3.70. The van der Waals surface area contributed by atoms with Gasteiger partial charge in [-0.05, 0) is 80.3 Å². The summed E-state index contributed by atoms with van der Waals surface area (Å²) in [4.78, 5) is 64.8. The van der Waals surface area contributed by atoms with Crippen LogP contribution in [-0.2, 0) is 27.3 Å². The first-order valence-electron chi connectivity index (χ1n) is 13.0. The fourth-order valence-corrected chi connectivity index (χ4v) is 3.70. The summed E-state index contributed by atoms with van der Waals surface area (Å²) < 4.78 is 10.4. The SMILES string of the molecule is O=C(NCCCCC(NC(=O)Oc1cccc(CCCO[N+](=O)[O-])c1)C(=O)O)Oc1cccc(CCCO[N+](=O)[O-])c1. The van der Waals surface area contributed by atoms with E-state index < -0.39 is 34.4 Å². The maximum Gasteiger partial charge on any atom is 0.413 e. The average Bonchev–Trinajstić information content (AvgIpc) is 2.93. The molecule has 2 aromatic rings. The van der Waals surface area contributed by atoms with Gasteiger partial charge in [-0.1, -0.05) is 24.3 Å². The van der Waals surface area contributed by atoms with Crippen molar-refractivity contribution in [1.29, 1.82) is 0 Å². The second-order valence-electron chi connectivity index (χ2n) is 8.85. The summed E-state index contributed by atoms with van der Waals surface area (Å²) in [7, 11) is 0. The van der Waals surface area contributed by atoms with Gasteiger partial charge in [0.2, 0.25) is 0 Å². The number of ether oxygens (including phenoxy) is 2. The van der Waals surface area contributed by atoms with E-state index in [9.17, 15) is 39.7 Å². The molecule has 0 spiro atoms. The second kappa shape index (κ2) is 18.2. The molecular formula is C26H32N4O12. The van der Waals surface area contributed by atoms with Crippen molar-refractivity contribution >= 4 is 18.2 Å². The molecule has 0 aromatic heterocycles. The molecule has 1 atom stereocenters. The minimum absolute atomic E-state index is 0.0425. The molecule has 0 aliphatic heterocycles. The highest BCUT2D eigenvalue weighted by Gasteiger charge is 2.20. The molecule has 2 rings (SSSR count). The Morgan fingerprint density at radius 1 is 0.786 bits per heavy atom. The monoisotopic (exact) mass is 592 g/mol. The quantitative estimate of drug-likeness (QED) is 0.121. The first-order chi connectivity index (χ1) is 20.1. The molecule has 228 valence electrons. The number of carboxylic acid groups (broad SMARTS) is 1. The largest absolute Gasteiger partial charge is 0.480 e. The summed E-state index contributed by atoms with van der Waals surface area (Å²) in [6.45, 7) is 0.0862. The number of aliphatic carboxylic acids is 1. The number of unbranched alkanes of at least 4 members (excludes halogenated alkanes) is 1. The molecule has 0 radical (unpaired) electrons. The minimum atomic E-state index is -1.25. The molecule has 0 saturated carbocycles. The topological polar surface area (TPSA) is 219 Å². The number of carbonyl (C=O) groups excluding carboxylic acids is 2. The molecule has 16 heteroatoms. The molecule has 0 saturated heterocycles. The summed E-state index contributed by atoms with van der Waals surface area (Å²) in [5.41, 5.74) is 1.56. The minimum Gasteiger partial charge on any atom is -0.480 e. The molecule has 16 nitrogen and oxygen atoms in total. The zero-order chi connectivity index (χ0) is 30.7. The van der Waals surface area contributed by atoms with Crippen LogP contribution in [0.4, 0.5) is 9.59 Å². The highest BCUT2D eigenvalue weighted by Crippen LogP contribution is 2.16. The predicted octanol–water partition coefficient (Wildman–Crippen LogP) is 3.47. The summed E-state index contributed by atoms with van der Waals surface area (Å²) in [6.07, 6.45) is 0.937. The zero-order valence-electron chi connectivity index (χ0n) is 22.6. The van der Waals surface area contributed by atoms with Gasteiger partial charge in [-0.2, -0.15) is 0 Å². The van der Waals surface area contributed by atoms with E-state index in [0.29, 0.717) is 44.3 Å². The summed E-state index contributed by atoms with van der Waals surface area (Å²) >= 11 is 0. The van der Waals surface area contributed by atoms with Crippen LogP contribution in [0.5, 0.6) is 11.5 Å². The summed E-state index contributed by atoms with van der Waals surface area (Å²) in [5, 5.41) is 33.0. The third-order valence-corrected chi connectivity index (χ3v) is 5.61. The van der Waals surface area contributed by atoms with Crippen LogP contribution in [0.2, 0.25) is 0 Å².